The highest BCUT2D eigenvalue weighted by Gasteiger charge is 2.09. The van der Waals surface area contributed by atoms with Crippen LogP contribution in [0, 0.1) is 0 Å². The summed E-state index contributed by atoms with van der Waals surface area (Å²) in [5.74, 6) is 0. The number of halogens is 1. The summed E-state index contributed by atoms with van der Waals surface area (Å²) in [4.78, 5) is 1.30. The van der Waals surface area contributed by atoms with Gasteiger partial charge in [0.1, 0.15) is 0 Å². The molecule has 0 fully saturated rings. The molecular weight excluding hydrogens is 310 g/mol. The van der Waals surface area contributed by atoms with Crippen LogP contribution in [-0.2, 0) is 13.1 Å². The second kappa shape index (κ2) is 5.55. The first-order valence-corrected chi connectivity index (χ1v) is 7.59. The molecule has 0 aliphatic heterocycles. The molecule has 18 heavy (non-hydrogen) atoms. The zero-order chi connectivity index (χ0) is 13.2. The molecule has 0 bridgehead atoms. The van der Waals surface area contributed by atoms with Crippen LogP contribution >= 0.6 is 27.3 Å². The highest BCUT2D eigenvalue weighted by molar-refractivity contribution is 9.10. The maximum Gasteiger partial charge on any atom is 0.0763 e. The summed E-state index contributed by atoms with van der Waals surface area (Å²) in [5.41, 5.74) is 1.36. The van der Waals surface area contributed by atoms with E-state index in [9.17, 15) is 0 Å². The average molecular weight is 328 g/mol. The van der Waals surface area contributed by atoms with E-state index in [1.165, 1.54) is 10.4 Å². The summed E-state index contributed by atoms with van der Waals surface area (Å²) in [6.45, 7) is 8.18. The van der Waals surface area contributed by atoms with Gasteiger partial charge in [-0.25, -0.2) is 0 Å². The molecule has 0 unspecified atom stereocenters. The van der Waals surface area contributed by atoms with E-state index >= 15 is 0 Å². The Labute approximate surface area is 120 Å². The van der Waals surface area contributed by atoms with E-state index in [2.05, 4.69) is 64.8 Å². The lowest BCUT2D eigenvalue weighted by atomic mass is 10.1. The number of hydrogen-bond acceptors (Lipinski definition) is 3. The van der Waals surface area contributed by atoms with E-state index in [-0.39, 0.29) is 5.54 Å². The molecule has 2 aromatic heterocycles. The van der Waals surface area contributed by atoms with Gasteiger partial charge in [-0.05, 0) is 48.1 Å². The van der Waals surface area contributed by atoms with Crippen LogP contribution in [0.3, 0.4) is 0 Å². The van der Waals surface area contributed by atoms with Crippen molar-refractivity contribution >= 4 is 27.3 Å². The number of nitrogens with zero attached hydrogens (tertiary/aromatic N) is 2. The molecule has 0 amide bonds. The molecule has 0 saturated carbocycles. The molecule has 98 valence electrons. The third kappa shape index (κ3) is 3.93. The Morgan fingerprint density at radius 2 is 2.22 bits per heavy atom. The fraction of sp³-hybridized carbons (Fsp3) is 0.462. The van der Waals surface area contributed by atoms with Gasteiger partial charge in [0.2, 0.25) is 0 Å². The molecule has 1 N–H and O–H groups in total. The van der Waals surface area contributed by atoms with Crippen molar-refractivity contribution in [1.29, 1.82) is 0 Å². The molecule has 0 radical (unpaired) electrons. The first-order chi connectivity index (χ1) is 8.44. The minimum atomic E-state index is 0.138. The van der Waals surface area contributed by atoms with E-state index < -0.39 is 0 Å². The van der Waals surface area contributed by atoms with Crippen LogP contribution in [0.1, 0.15) is 31.2 Å². The smallest absolute Gasteiger partial charge is 0.0763 e. The SMILES string of the molecule is CC(C)(C)NCc1cnn(Cc2sccc2Br)c1. The largest absolute Gasteiger partial charge is 0.308 e. The van der Waals surface area contributed by atoms with Crippen molar-refractivity contribution in [3.8, 4) is 0 Å². The fourth-order valence-corrected chi connectivity index (χ4v) is 3.01. The van der Waals surface area contributed by atoms with E-state index in [1.807, 2.05) is 10.9 Å². The zero-order valence-corrected chi connectivity index (χ0v) is 13.3. The van der Waals surface area contributed by atoms with Crippen molar-refractivity contribution in [2.24, 2.45) is 0 Å². The standard InChI is InChI=1S/C13H18BrN3S/c1-13(2,3)15-6-10-7-16-17(8-10)9-12-11(14)4-5-18-12/h4-5,7-8,15H,6,9H2,1-3H3. The van der Waals surface area contributed by atoms with Crippen molar-refractivity contribution in [3.05, 3.63) is 38.8 Å². The molecule has 0 aromatic carbocycles. The quantitative estimate of drug-likeness (QED) is 0.929. The highest BCUT2D eigenvalue weighted by Crippen LogP contribution is 2.23. The molecule has 0 saturated heterocycles. The van der Waals surface area contributed by atoms with Gasteiger partial charge in [0, 0.05) is 33.2 Å². The zero-order valence-electron chi connectivity index (χ0n) is 10.9. The van der Waals surface area contributed by atoms with Gasteiger partial charge in [0.05, 0.1) is 12.7 Å². The van der Waals surface area contributed by atoms with Crippen LogP contribution in [0.25, 0.3) is 0 Å². The van der Waals surface area contributed by atoms with Crippen molar-refractivity contribution in [2.75, 3.05) is 0 Å². The third-order valence-electron chi connectivity index (χ3n) is 2.51. The average Bonchev–Trinajstić information content (AvgIpc) is 2.86. The van der Waals surface area contributed by atoms with E-state index in [0.29, 0.717) is 0 Å². The molecule has 0 aliphatic carbocycles. The summed E-state index contributed by atoms with van der Waals surface area (Å²) in [5, 5.41) is 9.95. The lowest BCUT2D eigenvalue weighted by Crippen LogP contribution is -2.34. The minimum Gasteiger partial charge on any atom is -0.308 e. The number of aromatic nitrogens is 2. The normalized spacial score (nSPS) is 12.0. The summed E-state index contributed by atoms with van der Waals surface area (Å²) in [6.07, 6.45) is 4.03. The van der Waals surface area contributed by atoms with Crippen LogP contribution < -0.4 is 5.32 Å². The number of nitrogens with one attached hydrogen (secondary N) is 1. The summed E-state index contributed by atoms with van der Waals surface area (Å²) < 4.78 is 3.15. The lowest BCUT2D eigenvalue weighted by molar-refractivity contribution is 0.424. The summed E-state index contributed by atoms with van der Waals surface area (Å²) in [6, 6.07) is 2.07. The molecule has 0 spiro atoms. The molecule has 0 atom stereocenters. The Morgan fingerprint density at radius 1 is 1.44 bits per heavy atom. The van der Waals surface area contributed by atoms with E-state index in [0.717, 1.165) is 17.6 Å². The van der Waals surface area contributed by atoms with Gasteiger partial charge >= 0.3 is 0 Å². The Balaban J connectivity index is 1.96. The monoisotopic (exact) mass is 327 g/mol. The van der Waals surface area contributed by atoms with Crippen molar-refractivity contribution in [3.63, 3.8) is 0 Å². The number of thiophene rings is 1. The fourth-order valence-electron chi connectivity index (χ4n) is 1.54. The number of rotatable bonds is 4. The van der Waals surface area contributed by atoms with Gasteiger partial charge in [-0.2, -0.15) is 5.10 Å². The Morgan fingerprint density at radius 3 is 2.83 bits per heavy atom. The van der Waals surface area contributed by atoms with Crippen molar-refractivity contribution in [1.82, 2.24) is 15.1 Å². The van der Waals surface area contributed by atoms with Gasteiger partial charge in [-0.3, -0.25) is 4.68 Å². The molecular formula is C13H18BrN3S. The summed E-state index contributed by atoms with van der Waals surface area (Å²) in [7, 11) is 0. The van der Waals surface area contributed by atoms with Gasteiger partial charge in [0.15, 0.2) is 0 Å². The molecule has 2 aromatic rings. The van der Waals surface area contributed by atoms with Crippen LogP contribution in [0.2, 0.25) is 0 Å². The van der Waals surface area contributed by atoms with Gasteiger partial charge in [-0.1, -0.05) is 0 Å². The predicted molar refractivity (Wildman–Crippen MR) is 79.9 cm³/mol. The maximum atomic E-state index is 4.40. The van der Waals surface area contributed by atoms with Crippen LogP contribution in [-0.4, -0.2) is 15.3 Å². The topological polar surface area (TPSA) is 29.9 Å². The van der Waals surface area contributed by atoms with E-state index in [4.69, 9.17) is 0 Å². The second-order valence-corrected chi connectivity index (χ2v) is 7.20. The van der Waals surface area contributed by atoms with Gasteiger partial charge in [-0.15, -0.1) is 11.3 Å². The maximum absolute atomic E-state index is 4.40. The predicted octanol–water partition coefficient (Wildman–Crippen LogP) is 3.64. The number of hydrogen-bond donors (Lipinski definition) is 1. The Hall–Kier alpha value is -0.650. The highest BCUT2D eigenvalue weighted by atomic mass is 79.9. The first-order valence-electron chi connectivity index (χ1n) is 5.92. The molecule has 5 heteroatoms. The lowest BCUT2D eigenvalue weighted by Gasteiger charge is -2.19. The molecule has 0 aliphatic rings. The second-order valence-electron chi connectivity index (χ2n) is 5.34. The third-order valence-corrected chi connectivity index (χ3v) is 4.42. The molecule has 2 heterocycles. The van der Waals surface area contributed by atoms with Gasteiger partial charge in [0.25, 0.3) is 0 Å². The Bertz CT molecular complexity index is 510. The summed E-state index contributed by atoms with van der Waals surface area (Å²) >= 11 is 5.29. The molecule has 3 nitrogen and oxygen atoms in total. The first kappa shape index (κ1) is 13.8. The van der Waals surface area contributed by atoms with Gasteiger partial charge < -0.3 is 5.32 Å². The van der Waals surface area contributed by atoms with Crippen molar-refractivity contribution in [2.45, 2.75) is 39.4 Å². The van der Waals surface area contributed by atoms with E-state index in [1.54, 1.807) is 11.3 Å². The van der Waals surface area contributed by atoms with Crippen LogP contribution in [0.5, 0.6) is 0 Å². The van der Waals surface area contributed by atoms with Crippen LogP contribution in [0.4, 0.5) is 0 Å². The molecule has 2 rings (SSSR count). The minimum absolute atomic E-state index is 0.138. The van der Waals surface area contributed by atoms with Crippen LogP contribution in [0.15, 0.2) is 28.3 Å². The van der Waals surface area contributed by atoms with Crippen molar-refractivity contribution < 1.29 is 0 Å². The Kier molecular flexibility index (Phi) is 4.25.